The van der Waals surface area contributed by atoms with E-state index in [1.54, 1.807) is 35.4 Å². The summed E-state index contributed by atoms with van der Waals surface area (Å²) < 4.78 is 33.7. The summed E-state index contributed by atoms with van der Waals surface area (Å²) in [4.78, 5) is 15.2. The Labute approximate surface area is 178 Å². The van der Waals surface area contributed by atoms with Crippen molar-refractivity contribution in [2.45, 2.75) is 11.4 Å². The second-order valence-corrected chi connectivity index (χ2v) is 8.72. The molecule has 1 aromatic carbocycles. The molecule has 0 saturated carbocycles. The number of benzene rings is 1. The van der Waals surface area contributed by atoms with Crippen molar-refractivity contribution in [2.24, 2.45) is 0 Å². The Bertz CT molecular complexity index is 1160. The number of nitrogens with zero attached hydrogens (tertiary/aromatic N) is 5. The fraction of sp³-hybridized carbons (Fsp3) is 0.263. The van der Waals surface area contributed by atoms with E-state index in [1.807, 2.05) is 6.07 Å². The first-order valence-corrected chi connectivity index (χ1v) is 10.9. The zero-order valence-electron chi connectivity index (χ0n) is 16.4. The molecule has 31 heavy (non-hydrogen) atoms. The summed E-state index contributed by atoms with van der Waals surface area (Å²) in [6.45, 7) is 1.32. The third kappa shape index (κ3) is 4.55. The van der Waals surface area contributed by atoms with Crippen LogP contribution in [-0.2, 0) is 21.3 Å². The van der Waals surface area contributed by atoms with Crippen molar-refractivity contribution >= 4 is 21.4 Å². The zero-order valence-corrected chi connectivity index (χ0v) is 17.2. The Morgan fingerprint density at radius 2 is 2.00 bits per heavy atom. The molecule has 2 aromatic heterocycles. The van der Waals surface area contributed by atoms with Crippen LogP contribution < -0.4 is 5.32 Å². The highest BCUT2D eigenvalue weighted by Gasteiger charge is 2.28. The molecule has 0 spiro atoms. The van der Waals surface area contributed by atoms with Crippen molar-refractivity contribution in [1.29, 1.82) is 0 Å². The van der Waals surface area contributed by atoms with Crippen LogP contribution in [0.3, 0.4) is 0 Å². The molecule has 1 aliphatic heterocycles. The minimum Gasteiger partial charge on any atom is -0.379 e. The quantitative estimate of drug-likeness (QED) is 0.431. The standard InChI is InChI=1S/C19H20N6O5S/c26-25(27)18-12-16(31(28,29)23-8-10-30-11-9-23)3-4-17(18)20-13-15-2-5-19(21-14-15)24-7-1-6-22-24/h1-7,12,14,20H,8-11,13H2. The van der Waals surface area contributed by atoms with Gasteiger partial charge in [-0.3, -0.25) is 10.1 Å². The summed E-state index contributed by atoms with van der Waals surface area (Å²) >= 11 is 0. The summed E-state index contributed by atoms with van der Waals surface area (Å²) in [6.07, 6.45) is 5.07. The maximum atomic E-state index is 12.8. The second kappa shape index (κ2) is 8.79. The van der Waals surface area contributed by atoms with E-state index >= 15 is 0 Å². The normalized spacial score (nSPS) is 15.0. The van der Waals surface area contributed by atoms with Gasteiger partial charge in [0.25, 0.3) is 5.69 Å². The molecule has 4 rings (SSSR count). The lowest BCUT2D eigenvalue weighted by Crippen LogP contribution is -2.40. The maximum absolute atomic E-state index is 12.8. The average molecular weight is 444 g/mol. The molecular formula is C19H20N6O5S. The Kier molecular flexibility index (Phi) is 5.93. The molecule has 0 bridgehead atoms. The SMILES string of the molecule is O=[N+]([O-])c1cc(S(=O)(=O)N2CCOCC2)ccc1NCc1ccc(-n2cccn2)nc1. The lowest BCUT2D eigenvalue weighted by atomic mass is 10.2. The number of ether oxygens (including phenoxy) is 1. The number of sulfonamides is 1. The molecule has 1 N–H and O–H groups in total. The van der Waals surface area contributed by atoms with Crippen molar-refractivity contribution in [1.82, 2.24) is 19.1 Å². The number of aromatic nitrogens is 3. The summed E-state index contributed by atoms with van der Waals surface area (Å²) in [5.74, 6) is 0.650. The topological polar surface area (TPSA) is 132 Å². The van der Waals surface area contributed by atoms with Gasteiger partial charge in [0.2, 0.25) is 10.0 Å². The number of hydrogen-bond acceptors (Lipinski definition) is 8. The smallest absolute Gasteiger partial charge is 0.293 e. The lowest BCUT2D eigenvalue weighted by Gasteiger charge is -2.26. The molecule has 3 aromatic rings. The molecule has 0 aliphatic carbocycles. The third-order valence-electron chi connectivity index (χ3n) is 4.80. The Hall–Kier alpha value is -3.35. The van der Waals surface area contributed by atoms with Crippen LogP contribution in [-0.4, -0.2) is 58.7 Å². The van der Waals surface area contributed by atoms with Gasteiger partial charge < -0.3 is 10.1 Å². The number of morpholine rings is 1. The van der Waals surface area contributed by atoms with Crippen molar-refractivity contribution in [2.75, 3.05) is 31.6 Å². The van der Waals surface area contributed by atoms with Crippen LogP contribution in [0.2, 0.25) is 0 Å². The number of nitro benzene ring substituents is 1. The largest absolute Gasteiger partial charge is 0.379 e. The molecule has 11 nitrogen and oxygen atoms in total. The van der Waals surface area contributed by atoms with Gasteiger partial charge >= 0.3 is 0 Å². The van der Waals surface area contributed by atoms with E-state index in [1.165, 1.54) is 16.4 Å². The van der Waals surface area contributed by atoms with Crippen LogP contribution in [0.15, 0.2) is 59.9 Å². The van der Waals surface area contributed by atoms with Crippen LogP contribution in [0, 0.1) is 10.1 Å². The van der Waals surface area contributed by atoms with Gasteiger partial charge in [-0.15, -0.1) is 0 Å². The molecule has 0 radical (unpaired) electrons. The molecule has 162 valence electrons. The molecule has 1 saturated heterocycles. The highest BCUT2D eigenvalue weighted by Crippen LogP contribution is 2.29. The summed E-state index contributed by atoms with van der Waals surface area (Å²) in [5.41, 5.74) is 0.716. The van der Waals surface area contributed by atoms with E-state index in [0.29, 0.717) is 19.0 Å². The average Bonchev–Trinajstić information content (AvgIpc) is 3.33. The number of pyridine rings is 1. The maximum Gasteiger partial charge on any atom is 0.293 e. The van der Waals surface area contributed by atoms with Crippen LogP contribution in [0.4, 0.5) is 11.4 Å². The summed E-state index contributed by atoms with van der Waals surface area (Å²) in [6, 6.07) is 9.29. The van der Waals surface area contributed by atoms with E-state index in [-0.39, 0.29) is 35.9 Å². The molecule has 1 fully saturated rings. The molecule has 0 unspecified atom stereocenters. The second-order valence-electron chi connectivity index (χ2n) is 6.78. The predicted octanol–water partition coefficient (Wildman–Crippen LogP) is 1.81. The van der Waals surface area contributed by atoms with Crippen LogP contribution in [0.25, 0.3) is 5.82 Å². The van der Waals surface area contributed by atoms with Crippen molar-refractivity contribution in [3.8, 4) is 5.82 Å². The van der Waals surface area contributed by atoms with E-state index in [0.717, 1.165) is 11.6 Å². The molecule has 1 aliphatic rings. The van der Waals surface area contributed by atoms with Gasteiger partial charge in [-0.25, -0.2) is 18.1 Å². The van der Waals surface area contributed by atoms with E-state index in [4.69, 9.17) is 4.74 Å². The van der Waals surface area contributed by atoms with E-state index in [2.05, 4.69) is 15.4 Å². The first kappa shape index (κ1) is 20.9. The fourth-order valence-corrected chi connectivity index (χ4v) is 4.60. The number of rotatable bonds is 7. The molecule has 12 heteroatoms. The Balaban J connectivity index is 1.51. The van der Waals surface area contributed by atoms with Crippen molar-refractivity contribution < 1.29 is 18.1 Å². The highest BCUT2D eigenvalue weighted by molar-refractivity contribution is 7.89. The van der Waals surface area contributed by atoms with Crippen molar-refractivity contribution in [3.63, 3.8) is 0 Å². The van der Waals surface area contributed by atoms with Crippen LogP contribution in [0.1, 0.15) is 5.56 Å². The minimum atomic E-state index is -3.83. The minimum absolute atomic E-state index is 0.114. The Morgan fingerprint density at radius 1 is 1.19 bits per heavy atom. The predicted molar refractivity (Wildman–Crippen MR) is 111 cm³/mol. The van der Waals surface area contributed by atoms with Gasteiger partial charge in [0.15, 0.2) is 5.82 Å². The van der Waals surface area contributed by atoms with Gasteiger partial charge in [0.1, 0.15) is 5.69 Å². The van der Waals surface area contributed by atoms with Gasteiger partial charge in [-0.05, 0) is 29.8 Å². The van der Waals surface area contributed by atoms with Gasteiger partial charge in [-0.2, -0.15) is 9.40 Å². The van der Waals surface area contributed by atoms with E-state index in [9.17, 15) is 18.5 Å². The van der Waals surface area contributed by atoms with Gasteiger partial charge in [0.05, 0.1) is 23.0 Å². The first-order chi connectivity index (χ1) is 14.9. The number of anilines is 1. The molecular weight excluding hydrogens is 424 g/mol. The van der Waals surface area contributed by atoms with Crippen molar-refractivity contribution in [3.05, 3.63) is 70.7 Å². The van der Waals surface area contributed by atoms with Crippen LogP contribution in [0.5, 0.6) is 0 Å². The molecule has 3 heterocycles. The third-order valence-corrected chi connectivity index (χ3v) is 6.70. The summed E-state index contributed by atoms with van der Waals surface area (Å²) in [7, 11) is -3.83. The number of hydrogen-bond donors (Lipinski definition) is 1. The molecule has 0 atom stereocenters. The lowest BCUT2D eigenvalue weighted by molar-refractivity contribution is -0.384. The Morgan fingerprint density at radius 3 is 2.65 bits per heavy atom. The first-order valence-electron chi connectivity index (χ1n) is 9.50. The van der Waals surface area contributed by atoms with Crippen LogP contribution >= 0.6 is 0 Å². The number of nitro groups is 1. The monoisotopic (exact) mass is 444 g/mol. The van der Waals surface area contributed by atoms with Gasteiger partial charge in [-0.1, -0.05) is 6.07 Å². The zero-order chi connectivity index (χ0) is 21.8. The molecule has 0 amide bonds. The van der Waals surface area contributed by atoms with Gasteiger partial charge in [0, 0.05) is 44.3 Å². The fourth-order valence-electron chi connectivity index (χ4n) is 3.17. The highest BCUT2D eigenvalue weighted by atomic mass is 32.2. The van der Waals surface area contributed by atoms with E-state index < -0.39 is 14.9 Å². The number of nitrogens with one attached hydrogen (secondary N) is 1. The summed E-state index contributed by atoms with van der Waals surface area (Å²) in [5, 5.41) is 18.7.